The van der Waals surface area contributed by atoms with Crippen LogP contribution in [0.3, 0.4) is 0 Å². The van der Waals surface area contributed by atoms with Crippen LogP contribution in [-0.4, -0.2) is 13.6 Å². The zero-order valence-electron chi connectivity index (χ0n) is 9.62. The zero-order valence-corrected chi connectivity index (χ0v) is 9.62. The van der Waals surface area contributed by atoms with Gasteiger partial charge in [0.15, 0.2) is 0 Å². The molecular formula is C14H17NO. The summed E-state index contributed by atoms with van der Waals surface area (Å²) in [5, 5.41) is 4.61. The van der Waals surface area contributed by atoms with Gasteiger partial charge < -0.3 is 9.73 Å². The van der Waals surface area contributed by atoms with E-state index in [4.69, 9.17) is 4.42 Å². The Morgan fingerprint density at radius 3 is 2.81 bits per heavy atom. The quantitative estimate of drug-likeness (QED) is 0.851. The van der Waals surface area contributed by atoms with Gasteiger partial charge in [0.1, 0.15) is 5.58 Å². The highest BCUT2D eigenvalue weighted by Gasteiger charge is 2.40. The molecule has 1 aliphatic rings. The molecule has 1 heterocycles. The van der Waals surface area contributed by atoms with Gasteiger partial charge in [0.05, 0.1) is 6.26 Å². The van der Waals surface area contributed by atoms with E-state index in [2.05, 4.69) is 17.4 Å². The minimum Gasteiger partial charge on any atom is -0.464 e. The molecule has 16 heavy (non-hydrogen) atoms. The predicted octanol–water partition coefficient (Wildman–Crippen LogP) is 3.07. The van der Waals surface area contributed by atoms with Gasteiger partial charge in [0.25, 0.3) is 0 Å². The Bertz CT molecular complexity index is 496. The molecule has 2 heteroatoms. The van der Waals surface area contributed by atoms with Gasteiger partial charge in [-0.1, -0.05) is 24.6 Å². The first-order chi connectivity index (χ1) is 7.86. The fourth-order valence-corrected chi connectivity index (χ4v) is 2.87. The second-order valence-corrected chi connectivity index (χ2v) is 4.81. The van der Waals surface area contributed by atoms with Gasteiger partial charge in [0, 0.05) is 22.9 Å². The van der Waals surface area contributed by atoms with Crippen molar-refractivity contribution in [1.82, 2.24) is 5.32 Å². The van der Waals surface area contributed by atoms with Crippen molar-refractivity contribution in [2.45, 2.75) is 24.7 Å². The molecule has 1 aromatic heterocycles. The number of nitrogens with one attached hydrogen (secondary N) is 1. The van der Waals surface area contributed by atoms with E-state index in [1.807, 2.05) is 25.4 Å². The minimum atomic E-state index is 0.321. The first-order valence-corrected chi connectivity index (χ1v) is 5.97. The highest BCUT2D eigenvalue weighted by atomic mass is 16.3. The highest BCUT2D eigenvalue weighted by Crippen LogP contribution is 2.46. The summed E-state index contributed by atoms with van der Waals surface area (Å²) in [5.41, 5.74) is 2.73. The molecule has 1 aromatic carbocycles. The van der Waals surface area contributed by atoms with Gasteiger partial charge >= 0.3 is 0 Å². The largest absolute Gasteiger partial charge is 0.464 e. The second-order valence-electron chi connectivity index (χ2n) is 4.81. The fourth-order valence-electron chi connectivity index (χ4n) is 2.87. The number of fused-ring (bicyclic) bond motifs is 1. The molecule has 3 rings (SSSR count). The topological polar surface area (TPSA) is 25.2 Å². The lowest BCUT2D eigenvalue weighted by Gasteiger charge is -2.41. The van der Waals surface area contributed by atoms with E-state index < -0.39 is 0 Å². The summed E-state index contributed by atoms with van der Waals surface area (Å²) < 4.78 is 5.65. The highest BCUT2D eigenvalue weighted by molar-refractivity contribution is 5.82. The molecule has 0 radical (unpaired) electrons. The monoisotopic (exact) mass is 215 g/mol. The van der Waals surface area contributed by atoms with E-state index in [9.17, 15) is 0 Å². The molecule has 2 nitrogen and oxygen atoms in total. The molecule has 1 N–H and O–H groups in total. The van der Waals surface area contributed by atoms with E-state index in [1.54, 1.807) is 0 Å². The Balaban J connectivity index is 2.10. The van der Waals surface area contributed by atoms with Crippen molar-refractivity contribution in [1.29, 1.82) is 0 Å². The number of benzene rings is 1. The Labute approximate surface area is 95.6 Å². The molecule has 0 atom stereocenters. The first-order valence-electron chi connectivity index (χ1n) is 5.97. The molecule has 0 spiro atoms. The third-order valence-electron chi connectivity index (χ3n) is 3.88. The molecule has 0 bridgehead atoms. The molecule has 0 amide bonds. The number of likely N-dealkylation sites (N-methyl/N-ethyl adjacent to an activating group) is 1. The maximum Gasteiger partial charge on any atom is 0.134 e. The second kappa shape index (κ2) is 3.63. The molecule has 2 aromatic rings. The van der Waals surface area contributed by atoms with Gasteiger partial charge in [-0.25, -0.2) is 0 Å². The standard InChI is InChI=1S/C14H17NO/c1-15-10-14(7-4-8-14)12-9-16-13-6-3-2-5-11(12)13/h2-3,5-6,9,15H,4,7-8,10H2,1H3. The van der Waals surface area contributed by atoms with Crippen LogP contribution in [-0.2, 0) is 5.41 Å². The van der Waals surface area contributed by atoms with Crippen LogP contribution >= 0.6 is 0 Å². The third-order valence-corrected chi connectivity index (χ3v) is 3.88. The van der Waals surface area contributed by atoms with Crippen molar-refractivity contribution >= 4 is 11.0 Å². The van der Waals surface area contributed by atoms with Crippen molar-refractivity contribution < 1.29 is 4.42 Å². The molecular weight excluding hydrogens is 198 g/mol. The van der Waals surface area contributed by atoms with Crippen molar-refractivity contribution in [3.63, 3.8) is 0 Å². The predicted molar refractivity (Wildman–Crippen MR) is 65.7 cm³/mol. The summed E-state index contributed by atoms with van der Waals surface area (Å²) in [5.74, 6) is 0. The van der Waals surface area contributed by atoms with Gasteiger partial charge in [0.2, 0.25) is 0 Å². The lowest BCUT2D eigenvalue weighted by Crippen LogP contribution is -2.42. The van der Waals surface area contributed by atoms with Crippen LogP contribution in [0.4, 0.5) is 0 Å². The number of hydrogen-bond acceptors (Lipinski definition) is 2. The van der Waals surface area contributed by atoms with Crippen LogP contribution in [0.25, 0.3) is 11.0 Å². The van der Waals surface area contributed by atoms with Crippen molar-refractivity contribution in [3.05, 3.63) is 36.1 Å². The van der Waals surface area contributed by atoms with Crippen molar-refractivity contribution in [3.8, 4) is 0 Å². The number of furan rings is 1. The van der Waals surface area contributed by atoms with Crippen LogP contribution < -0.4 is 5.32 Å². The zero-order chi connectivity index (χ0) is 11.0. The Hall–Kier alpha value is -1.28. The summed E-state index contributed by atoms with van der Waals surface area (Å²) in [6, 6.07) is 8.34. The van der Waals surface area contributed by atoms with Gasteiger partial charge in [-0.3, -0.25) is 0 Å². The smallest absolute Gasteiger partial charge is 0.134 e. The minimum absolute atomic E-state index is 0.321. The fraction of sp³-hybridized carbons (Fsp3) is 0.429. The molecule has 84 valence electrons. The Morgan fingerprint density at radius 2 is 2.12 bits per heavy atom. The summed E-state index contributed by atoms with van der Waals surface area (Å²) in [4.78, 5) is 0. The number of hydrogen-bond donors (Lipinski definition) is 1. The summed E-state index contributed by atoms with van der Waals surface area (Å²) in [6.45, 7) is 1.05. The van der Waals surface area contributed by atoms with Crippen LogP contribution in [0.15, 0.2) is 34.9 Å². The van der Waals surface area contributed by atoms with E-state index >= 15 is 0 Å². The Kier molecular flexibility index (Phi) is 2.25. The van der Waals surface area contributed by atoms with Crippen LogP contribution in [0.2, 0.25) is 0 Å². The maximum atomic E-state index is 5.65. The van der Waals surface area contributed by atoms with E-state index in [0.717, 1.165) is 12.1 Å². The first kappa shape index (κ1) is 9.91. The summed E-state index contributed by atoms with van der Waals surface area (Å²) >= 11 is 0. The van der Waals surface area contributed by atoms with E-state index in [-0.39, 0.29) is 0 Å². The molecule has 0 unspecified atom stereocenters. The third kappa shape index (κ3) is 1.30. The average molecular weight is 215 g/mol. The van der Waals surface area contributed by atoms with E-state index in [1.165, 1.54) is 30.2 Å². The van der Waals surface area contributed by atoms with Gasteiger partial charge in [-0.15, -0.1) is 0 Å². The maximum absolute atomic E-state index is 5.65. The normalized spacial score (nSPS) is 18.6. The van der Waals surface area contributed by atoms with Crippen LogP contribution in [0.5, 0.6) is 0 Å². The SMILES string of the molecule is CNCC1(c2coc3ccccc23)CCC1. The average Bonchev–Trinajstić information content (AvgIpc) is 2.68. The molecule has 0 aliphatic heterocycles. The van der Waals surface area contributed by atoms with Gasteiger partial charge in [-0.05, 0) is 26.0 Å². The van der Waals surface area contributed by atoms with Crippen LogP contribution in [0.1, 0.15) is 24.8 Å². The van der Waals surface area contributed by atoms with Crippen molar-refractivity contribution in [2.75, 3.05) is 13.6 Å². The Morgan fingerprint density at radius 1 is 1.31 bits per heavy atom. The molecule has 1 saturated carbocycles. The molecule has 1 aliphatic carbocycles. The van der Waals surface area contributed by atoms with E-state index in [0.29, 0.717) is 5.41 Å². The van der Waals surface area contributed by atoms with Gasteiger partial charge in [-0.2, -0.15) is 0 Å². The molecule has 1 fully saturated rings. The van der Waals surface area contributed by atoms with Crippen LogP contribution in [0, 0.1) is 0 Å². The number of para-hydroxylation sites is 1. The molecule has 0 saturated heterocycles. The lowest BCUT2D eigenvalue weighted by molar-refractivity contribution is 0.239. The summed E-state index contributed by atoms with van der Waals surface area (Å²) in [6.07, 6.45) is 5.84. The lowest BCUT2D eigenvalue weighted by atomic mass is 9.64. The van der Waals surface area contributed by atoms with Crippen molar-refractivity contribution in [2.24, 2.45) is 0 Å². The number of rotatable bonds is 3. The summed E-state index contributed by atoms with van der Waals surface area (Å²) in [7, 11) is 2.03.